The van der Waals surface area contributed by atoms with Gasteiger partial charge in [0.1, 0.15) is 6.04 Å². The Hall–Kier alpha value is -3.95. The van der Waals surface area contributed by atoms with Crippen LogP contribution in [0.3, 0.4) is 0 Å². The SMILES string of the molecule is CCCCCC(=O)NCCCCC(NC)C(=O)NCC(C)(C)COCC(C)(C)CNC(=O)CCC(C(=O)O)N1CN(CC(N)=O)CCN(CC(=O)O)CN(CC(=O)O)C1. The molecule has 4 amide bonds. The van der Waals surface area contributed by atoms with Crippen LogP contribution in [0.25, 0.3) is 0 Å². The number of amides is 4. The first-order valence-electron chi connectivity index (χ1n) is 20.6. The Morgan fingerprint density at radius 2 is 1.25 bits per heavy atom. The average molecular weight is 844 g/mol. The van der Waals surface area contributed by atoms with Gasteiger partial charge in [-0.1, -0.05) is 47.5 Å². The van der Waals surface area contributed by atoms with Gasteiger partial charge in [-0.3, -0.25) is 53.2 Å². The van der Waals surface area contributed by atoms with Gasteiger partial charge in [0.25, 0.3) is 0 Å². The molecule has 1 fully saturated rings. The molecule has 9 N–H and O–H groups in total. The van der Waals surface area contributed by atoms with E-state index in [2.05, 4.69) is 28.2 Å². The van der Waals surface area contributed by atoms with Crippen molar-refractivity contribution in [2.75, 3.05) is 92.6 Å². The van der Waals surface area contributed by atoms with E-state index in [-0.39, 0.29) is 76.9 Å². The number of carbonyl (C=O) groups excluding carboxylic acids is 4. The van der Waals surface area contributed by atoms with Gasteiger partial charge in [-0.2, -0.15) is 0 Å². The Balaban J connectivity index is 2.67. The summed E-state index contributed by atoms with van der Waals surface area (Å²) >= 11 is 0. The summed E-state index contributed by atoms with van der Waals surface area (Å²) in [6.45, 7) is 10.5. The van der Waals surface area contributed by atoms with Crippen LogP contribution in [-0.4, -0.2) is 181 Å². The quantitative estimate of drug-likeness (QED) is 0.0432. The molecule has 0 aromatic rings. The summed E-state index contributed by atoms with van der Waals surface area (Å²) in [5, 5.41) is 41.0. The second-order valence-corrected chi connectivity index (χ2v) is 17.1. The van der Waals surface area contributed by atoms with Crippen molar-refractivity contribution in [3.63, 3.8) is 0 Å². The van der Waals surface area contributed by atoms with Crippen molar-refractivity contribution in [2.24, 2.45) is 16.6 Å². The molecule has 59 heavy (non-hydrogen) atoms. The molecule has 0 aliphatic carbocycles. The molecule has 20 nitrogen and oxygen atoms in total. The van der Waals surface area contributed by atoms with E-state index in [9.17, 15) is 48.9 Å². The van der Waals surface area contributed by atoms with Gasteiger partial charge in [0.2, 0.25) is 23.6 Å². The van der Waals surface area contributed by atoms with E-state index in [4.69, 9.17) is 10.5 Å². The zero-order valence-electron chi connectivity index (χ0n) is 36.2. The van der Waals surface area contributed by atoms with Gasteiger partial charge in [-0.25, -0.2) is 0 Å². The highest BCUT2D eigenvalue weighted by Gasteiger charge is 2.33. The van der Waals surface area contributed by atoms with Crippen LogP contribution < -0.4 is 27.0 Å². The number of hydrogen-bond donors (Lipinski definition) is 8. The van der Waals surface area contributed by atoms with E-state index < -0.39 is 59.7 Å². The Kier molecular flexibility index (Phi) is 25.0. The fourth-order valence-corrected chi connectivity index (χ4v) is 6.51. The standard InChI is InChI=1S/C39H73N9O11/c1-7-8-9-13-32(50)42-16-11-10-12-29(41-6)36(56)44-23-39(4,5)25-59-24-38(2,3)22-43-33(51)15-14-30(37(57)58)48-27-45(19-31(40)49)17-18-46(20-34(52)53)26-47(28-48)21-35(54)55/h29-30,41H,7-28H2,1-6H3,(H2,40,49)(H,42,50)(H,43,51)(H,44,56)(H,52,53)(H,54,55)(H,57,58). The molecule has 1 heterocycles. The lowest BCUT2D eigenvalue weighted by atomic mass is 9.92. The number of hydrogen-bond acceptors (Lipinski definition) is 13. The molecule has 2 atom stereocenters. The second kappa shape index (κ2) is 27.7. The number of carbonyl (C=O) groups is 7. The highest BCUT2D eigenvalue weighted by atomic mass is 16.5. The molecule has 1 saturated heterocycles. The Morgan fingerprint density at radius 3 is 1.81 bits per heavy atom. The zero-order chi connectivity index (χ0) is 44.6. The van der Waals surface area contributed by atoms with Gasteiger partial charge >= 0.3 is 17.9 Å². The summed E-state index contributed by atoms with van der Waals surface area (Å²) < 4.78 is 6.04. The third-order valence-corrected chi connectivity index (χ3v) is 9.77. The molecular formula is C39H73N9O11. The van der Waals surface area contributed by atoms with E-state index in [1.807, 2.05) is 27.7 Å². The summed E-state index contributed by atoms with van der Waals surface area (Å²) in [5.74, 6) is -4.70. The minimum absolute atomic E-state index is 0.0686. The monoisotopic (exact) mass is 844 g/mol. The van der Waals surface area contributed by atoms with Gasteiger partial charge in [-0.15, -0.1) is 0 Å². The fourth-order valence-electron chi connectivity index (χ4n) is 6.51. The molecule has 340 valence electrons. The van der Waals surface area contributed by atoms with E-state index in [1.165, 1.54) is 14.7 Å². The molecule has 0 aromatic heterocycles. The van der Waals surface area contributed by atoms with Crippen LogP contribution in [0.15, 0.2) is 0 Å². The van der Waals surface area contributed by atoms with E-state index in [0.29, 0.717) is 39.1 Å². The van der Waals surface area contributed by atoms with Gasteiger partial charge in [0, 0.05) is 56.4 Å². The van der Waals surface area contributed by atoms with Crippen molar-refractivity contribution < 1.29 is 53.6 Å². The van der Waals surface area contributed by atoms with Crippen molar-refractivity contribution >= 4 is 41.5 Å². The van der Waals surface area contributed by atoms with Crippen LogP contribution in [-0.2, 0) is 38.3 Å². The molecule has 0 aromatic carbocycles. The third-order valence-electron chi connectivity index (χ3n) is 9.77. The number of carboxylic acid groups (broad SMARTS) is 3. The smallest absolute Gasteiger partial charge is 0.321 e. The first kappa shape index (κ1) is 53.1. The first-order chi connectivity index (χ1) is 27.7. The molecular weight excluding hydrogens is 770 g/mol. The van der Waals surface area contributed by atoms with E-state index >= 15 is 0 Å². The normalized spacial score (nSPS) is 16.2. The predicted octanol–water partition coefficient (Wildman–Crippen LogP) is -0.275. The number of unbranched alkanes of at least 4 members (excludes halogenated alkanes) is 3. The van der Waals surface area contributed by atoms with E-state index in [0.717, 1.165) is 32.1 Å². The predicted molar refractivity (Wildman–Crippen MR) is 220 cm³/mol. The molecule has 1 rings (SSSR count). The molecule has 2 unspecified atom stereocenters. The first-order valence-corrected chi connectivity index (χ1v) is 20.6. The largest absolute Gasteiger partial charge is 0.480 e. The van der Waals surface area contributed by atoms with Gasteiger partial charge < -0.3 is 47.1 Å². The number of rotatable bonds is 30. The van der Waals surface area contributed by atoms with Gasteiger partial charge in [0.15, 0.2) is 0 Å². The molecule has 0 bridgehead atoms. The van der Waals surface area contributed by atoms with Gasteiger partial charge in [0.05, 0.1) is 58.9 Å². The number of nitrogens with one attached hydrogen (secondary N) is 4. The number of nitrogens with zero attached hydrogens (tertiary/aromatic N) is 4. The van der Waals surface area contributed by atoms with E-state index in [1.54, 1.807) is 11.9 Å². The summed E-state index contributed by atoms with van der Waals surface area (Å²) in [7, 11) is 1.75. The van der Waals surface area contributed by atoms with Crippen LogP contribution in [0.2, 0.25) is 0 Å². The molecule has 1 aliphatic rings. The van der Waals surface area contributed by atoms with Crippen LogP contribution in [0.4, 0.5) is 0 Å². The highest BCUT2D eigenvalue weighted by Crippen LogP contribution is 2.20. The summed E-state index contributed by atoms with van der Waals surface area (Å²) in [6, 6.07) is -1.61. The highest BCUT2D eigenvalue weighted by molar-refractivity contribution is 5.81. The van der Waals surface area contributed by atoms with Crippen molar-refractivity contribution in [1.82, 2.24) is 40.9 Å². The second-order valence-electron chi connectivity index (χ2n) is 17.1. The maximum atomic E-state index is 13.0. The Labute approximate surface area is 349 Å². The third kappa shape index (κ3) is 24.7. The minimum atomic E-state index is -1.25. The topological polar surface area (TPSA) is 277 Å². The zero-order valence-corrected chi connectivity index (χ0v) is 36.2. The van der Waals surface area contributed by atoms with Crippen molar-refractivity contribution in [3.05, 3.63) is 0 Å². The van der Waals surface area contributed by atoms with Crippen molar-refractivity contribution in [3.8, 4) is 0 Å². The maximum absolute atomic E-state index is 13.0. The van der Waals surface area contributed by atoms with Crippen LogP contribution >= 0.6 is 0 Å². The number of ether oxygens (including phenoxy) is 1. The lowest BCUT2D eigenvalue weighted by Gasteiger charge is -2.35. The number of likely N-dealkylation sites (N-methyl/N-ethyl adjacent to an activating group) is 1. The summed E-state index contributed by atoms with van der Waals surface area (Å²) in [5.41, 5.74) is 4.55. The van der Waals surface area contributed by atoms with Crippen LogP contribution in [0, 0.1) is 10.8 Å². The molecule has 0 saturated carbocycles. The van der Waals surface area contributed by atoms with Crippen LogP contribution in [0.5, 0.6) is 0 Å². The molecule has 0 spiro atoms. The minimum Gasteiger partial charge on any atom is -0.480 e. The number of carboxylic acids is 3. The number of aliphatic carboxylic acids is 3. The maximum Gasteiger partial charge on any atom is 0.321 e. The average Bonchev–Trinajstić information content (AvgIpc) is 3.19. The molecule has 1 aliphatic heterocycles. The Bertz CT molecular complexity index is 1350. The lowest BCUT2D eigenvalue weighted by Crippen LogP contribution is -2.53. The molecule has 0 radical (unpaired) electrons. The van der Waals surface area contributed by atoms with Crippen LogP contribution in [0.1, 0.15) is 92.4 Å². The summed E-state index contributed by atoms with van der Waals surface area (Å²) in [4.78, 5) is 91.3. The Morgan fingerprint density at radius 1 is 0.695 bits per heavy atom. The van der Waals surface area contributed by atoms with Crippen molar-refractivity contribution in [2.45, 2.75) is 104 Å². The summed E-state index contributed by atoms with van der Waals surface area (Å²) in [6.07, 6.45) is 5.46. The number of primary amides is 1. The molecule has 20 heteroatoms. The van der Waals surface area contributed by atoms with Gasteiger partial charge in [-0.05, 0) is 39.2 Å². The lowest BCUT2D eigenvalue weighted by molar-refractivity contribution is -0.146. The van der Waals surface area contributed by atoms with Crippen molar-refractivity contribution in [1.29, 1.82) is 0 Å². The number of nitrogens with two attached hydrogens (primary N) is 1. The fraction of sp³-hybridized carbons (Fsp3) is 0.821.